The van der Waals surface area contributed by atoms with Crippen molar-refractivity contribution in [3.05, 3.63) is 40.4 Å². The van der Waals surface area contributed by atoms with Gasteiger partial charge in [-0.15, -0.1) is 0 Å². The summed E-state index contributed by atoms with van der Waals surface area (Å²) in [6, 6.07) is 5.89. The van der Waals surface area contributed by atoms with E-state index in [1.165, 1.54) is 5.56 Å². The molecular weight excluding hydrogens is 184 g/mol. The molecule has 0 fully saturated rings. The third-order valence-electron chi connectivity index (χ3n) is 1.74. The second kappa shape index (κ2) is 5.05. The van der Waals surface area contributed by atoms with Crippen LogP contribution < -0.4 is 0 Å². The minimum Gasteiger partial charge on any atom is -0.396 e. The Bertz CT molecular complexity index is 305. The molecule has 0 aliphatic heterocycles. The van der Waals surface area contributed by atoms with Gasteiger partial charge < -0.3 is 5.11 Å². The SMILES string of the molecule is Cc1ccc(Cl)c(C=CCCO)c1. The van der Waals surface area contributed by atoms with Crippen molar-refractivity contribution in [3.8, 4) is 0 Å². The summed E-state index contributed by atoms with van der Waals surface area (Å²) >= 11 is 5.96. The first-order valence-electron chi connectivity index (χ1n) is 4.27. The van der Waals surface area contributed by atoms with Gasteiger partial charge in [0.15, 0.2) is 0 Å². The zero-order valence-corrected chi connectivity index (χ0v) is 8.38. The highest BCUT2D eigenvalue weighted by Gasteiger charge is 1.95. The van der Waals surface area contributed by atoms with E-state index in [2.05, 4.69) is 0 Å². The van der Waals surface area contributed by atoms with Crippen molar-refractivity contribution in [1.82, 2.24) is 0 Å². The van der Waals surface area contributed by atoms with Crippen LogP contribution in [0.1, 0.15) is 17.5 Å². The minimum atomic E-state index is 0.180. The first-order chi connectivity index (χ1) is 6.24. The van der Waals surface area contributed by atoms with E-state index in [4.69, 9.17) is 16.7 Å². The van der Waals surface area contributed by atoms with Crippen molar-refractivity contribution in [2.45, 2.75) is 13.3 Å². The monoisotopic (exact) mass is 196 g/mol. The fraction of sp³-hybridized carbons (Fsp3) is 0.273. The molecule has 0 radical (unpaired) electrons. The summed E-state index contributed by atoms with van der Waals surface area (Å²) in [5.41, 5.74) is 2.20. The molecule has 0 heterocycles. The molecule has 0 unspecified atom stereocenters. The van der Waals surface area contributed by atoms with Crippen LogP contribution in [0.15, 0.2) is 24.3 Å². The summed E-state index contributed by atoms with van der Waals surface area (Å²) in [5, 5.41) is 9.33. The van der Waals surface area contributed by atoms with Crippen molar-refractivity contribution < 1.29 is 5.11 Å². The lowest BCUT2D eigenvalue weighted by atomic mass is 10.1. The van der Waals surface area contributed by atoms with Crippen LogP contribution in [0.2, 0.25) is 5.02 Å². The molecule has 1 rings (SSSR count). The van der Waals surface area contributed by atoms with Gasteiger partial charge in [0.25, 0.3) is 0 Å². The van der Waals surface area contributed by atoms with E-state index >= 15 is 0 Å². The van der Waals surface area contributed by atoms with E-state index in [0.717, 1.165) is 10.6 Å². The van der Waals surface area contributed by atoms with Crippen molar-refractivity contribution in [1.29, 1.82) is 0 Å². The summed E-state index contributed by atoms with van der Waals surface area (Å²) in [7, 11) is 0. The minimum absolute atomic E-state index is 0.180. The number of halogens is 1. The summed E-state index contributed by atoms with van der Waals surface area (Å²) in [5.74, 6) is 0. The summed E-state index contributed by atoms with van der Waals surface area (Å²) in [4.78, 5) is 0. The van der Waals surface area contributed by atoms with E-state index < -0.39 is 0 Å². The van der Waals surface area contributed by atoms with Crippen LogP contribution >= 0.6 is 11.6 Å². The number of aliphatic hydroxyl groups is 1. The normalized spacial score (nSPS) is 11.0. The van der Waals surface area contributed by atoms with Crippen LogP contribution in [0, 0.1) is 6.92 Å². The predicted octanol–water partition coefficient (Wildman–Crippen LogP) is 3.04. The van der Waals surface area contributed by atoms with Crippen molar-refractivity contribution in [2.75, 3.05) is 6.61 Å². The lowest BCUT2D eigenvalue weighted by Gasteiger charge is -1.99. The van der Waals surface area contributed by atoms with Crippen LogP contribution in [0.5, 0.6) is 0 Å². The van der Waals surface area contributed by atoms with Crippen molar-refractivity contribution in [2.24, 2.45) is 0 Å². The Morgan fingerprint density at radius 2 is 2.23 bits per heavy atom. The topological polar surface area (TPSA) is 20.2 Å². The van der Waals surface area contributed by atoms with Crippen LogP contribution in [0.3, 0.4) is 0 Å². The quantitative estimate of drug-likeness (QED) is 0.788. The molecule has 1 nitrogen and oxygen atoms in total. The van der Waals surface area contributed by atoms with Gasteiger partial charge in [-0.25, -0.2) is 0 Å². The highest BCUT2D eigenvalue weighted by atomic mass is 35.5. The molecule has 1 N–H and O–H groups in total. The third-order valence-corrected chi connectivity index (χ3v) is 2.09. The standard InChI is InChI=1S/C11H13ClO/c1-9-5-6-11(12)10(8-9)4-2-3-7-13/h2,4-6,8,13H,3,7H2,1H3. The van der Waals surface area contributed by atoms with Crippen molar-refractivity contribution in [3.63, 3.8) is 0 Å². The molecular formula is C11H13ClO. The maximum absolute atomic E-state index is 8.58. The highest BCUT2D eigenvalue weighted by Crippen LogP contribution is 2.18. The highest BCUT2D eigenvalue weighted by molar-refractivity contribution is 6.32. The molecule has 0 saturated heterocycles. The fourth-order valence-corrected chi connectivity index (χ4v) is 1.26. The molecule has 2 heteroatoms. The molecule has 0 aliphatic rings. The maximum atomic E-state index is 8.58. The average molecular weight is 197 g/mol. The van der Waals surface area contributed by atoms with Gasteiger partial charge in [-0.2, -0.15) is 0 Å². The molecule has 1 aromatic carbocycles. The molecule has 0 saturated carbocycles. The molecule has 13 heavy (non-hydrogen) atoms. The van der Waals surface area contributed by atoms with E-state index in [-0.39, 0.29) is 6.61 Å². The molecule has 0 bridgehead atoms. The first kappa shape index (κ1) is 10.3. The van der Waals surface area contributed by atoms with Gasteiger partial charge in [0.2, 0.25) is 0 Å². The van der Waals surface area contributed by atoms with E-state index in [0.29, 0.717) is 6.42 Å². The van der Waals surface area contributed by atoms with Crippen LogP contribution in [0.4, 0.5) is 0 Å². The Morgan fingerprint density at radius 1 is 1.46 bits per heavy atom. The molecule has 0 amide bonds. The fourth-order valence-electron chi connectivity index (χ4n) is 1.08. The van der Waals surface area contributed by atoms with E-state index in [1.807, 2.05) is 37.3 Å². The number of benzene rings is 1. The zero-order chi connectivity index (χ0) is 9.68. The van der Waals surface area contributed by atoms with E-state index in [1.54, 1.807) is 0 Å². The lowest BCUT2D eigenvalue weighted by molar-refractivity contribution is 0.303. The molecule has 70 valence electrons. The number of rotatable bonds is 3. The second-order valence-corrected chi connectivity index (χ2v) is 3.35. The smallest absolute Gasteiger partial charge is 0.0478 e. The van der Waals surface area contributed by atoms with Crippen LogP contribution in [-0.2, 0) is 0 Å². The van der Waals surface area contributed by atoms with Gasteiger partial charge in [-0.05, 0) is 25.0 Å². The molecule has 0 spiro atoms. The molecule has 0 aromatic heterocycles. The number of aryl methyl sites for hydroxylation is 1. The summed E-state index contributed by atoms with van der Waals surface area (Å²) < 4.78 is 0. The van der Waals surface area contributed by atoms with Crippen LogP contribution in [-0.4, -0.2) is 11.7 Å². The van der Waals surface area contributed by atoms with E-state index in [9.17, 15) is 0 Å². The largest absolute Gasteiger partial charge is 0.396 e. The Balaban J connectivity index is 2.81. The Hall–Kier alpha value is -0.790. The summed E-state index contributed by atoms with van der Waals surface area (Å²) in [6.45, 7) is 2.21. The Morgan fingerprint density at radius 3 is 2.92 bits per heavy atom. The van der Waals surface area contributed by atoms with Crippen LogP contribution in [0.25, 0.3) is 6.08 Å². The first-order valence-corrected chi connectivity index (χ1v) is 4.65. The molecule has 0 atom stereocenters. The van der Waals surface area contributed by atoms with Gasteiger partial charge >= 0.3 is 0 Å². The number of hydrogen-bond donors (Lipinski definition) is 1. The molecule has 1 aromatic rings. The Kier molecular flexibility index (Phi) is 4.00. The van der Waals surface area contributed by atoms with Gasteiger partial charge in [-0.3, -0.25) is 0 Å². The Labute approximate surface area is 83.7 Å². The van der Waals surface area contributed by atoms with Gasteiger partial charge in [0.05, 0.1) is 0 Å². The average Bonchev–Trinajstić information content (AvgIpc) is 2.11. The maximum Gasteiger partial charge on any atom is 0.0478 e. The zero-order valence-electron chi connectivity index (χ0n) is 7.63. The number of hydrogen-bond acceptors (Lipinski definition) is 1. The van der Waals surface area contributed by atoms with Gasteiger partial charge in [0.1, 0.15) is 0 Å². The number of aliphatic hydroxyl groups excluding tert-OH is 1. The predicted molar refractivity (Wildman–Crippen MR) is 56.9 cm³/mol. The molecule has 0 aliphatic carbocycles. The second-order valence-electron chi connectivity index (χ2n) is 2.94. The van der Waals surface area contributed by atoms with Gasteiger partial charge in [-0.1, -0.05) is 41.4 Å². The van der Waals surface area contributed by atoms with Crippen molar-refractivity contribution >= 4 is 17.7 Å². The summed E-state index contributed by atoms with van der Waals surface area (Å²) in [6.07, 6.45) is 4.52. The lowest BCUT2D eigenvalue weighted by Crippen LogP contribution is -1.79. The third kappa shape index (κ3) is 3.21. The van der Waals surface area contributed by atoms with Gasteiger partial charge in [0, 0.05) is 11.6 Å².